The summed E-state index contributed by atoms with van der Waals surface area (Å²) in [5.41, 5.74) is 1.09. The first-order valence-corrected chi connectivity index (χ1v) is 10.0. The number of carbonyl (C=O) groups is 3. The van der Waals surface area contributed by atoms with Crippen LogP contribution in [0.25, 0.3) is 0 Å². The van der Waals surface area contributed by atoms with Crippen LogP contribution in [0.15, 0.2) is 30.3 Å². The lowest BCUT2D eigenvalue weighted by atomic mass is 10.1. The van der Waals surface area contributed by atoms with Crippen LogP contribution in [0, 0.1) is 5.92 Å². The molecule has 3 atom stereocenters. The van der Waals surface area contributed by atoms with E-state index in [2.05, 4.69) is 10.6 Å². The van der Waals surface area contributed by atoms with Crippen molar-refractivity contribution in [3.8, 4) is 0 Å². The molecule has 0 radical (unpaired) electrons. The smallest absolute Gasteiger partial charge is 0.326 e. The zero-order chi connectivity index (χ0) is 21.1. The third-order valence-electron chi connectivity index (χ3n) is 4.77. The van der Waals surface area contributed by atoms with E-state index in [4.69, 9.17) is 9.47 Å². The lowest BCUT2D eigenvalue weighted by Gasteiger charge is -2.14. The zero-order valence-electron chi connectivity index (χ0n) is 16.8. The third kappa shape index (κ3) is 8.21. The number of carboxylic acids is 1. The molecule has 0 saturated heterocycles. The number of ether oxygens (including phenoxy) is 2. The average Bonchev–Trinajstić information content (AvgIpc) is 3.52. The summed E-state index contributed by atoms with van der Waals surface area (Å²) in [4.78, 5) is 35.7. The molecule has 29 heavy (non-hydrogen) atoms. The van der Waals surface area contributed by atoms with Crippen molar-refractivity contribution >= 4 is 17.8 Å². The first-order chi connectivity index (χ1) is 14.0. The number of carbonyl (C=O) groups excluding carboxylic acids is 2. The number of nitrogens with one attached hydrogen (secondary N) is 2. The Bertz CT molecular complexity index is 666. The highest BCUT2D eigenvalue weighted by Gasteiger charge is 2.44. The maximum Gasteiger partial charge on any atom is 0.326 e. The van der Waals surface area contributed by atoms with Crippen LogP contribution in [0.5, 0.6) is 0 Å². The molecular weight excluding hydrogens is 376 g/mol. The second kappa shape index (κ2) is 12.2. The molecule has 1 aromatic carbocycles. The van der Waals surface area contributed by atoms with Crippen LogP contribution in [0.3, 0.4) is 0 Å². The second-order valence-corrected chi connectivity index (χ2v) is 6.96. The molecule has 1 fully saturated rings. The molecule has 2 rings (SSSR count). The summed E-state index contributed by atoms with van der Waals surface area (Å²) in [5, 5.41) is 14.6. The minimum Gasteiger partial charge on any atom is -0.480 e. The molecule has 2 amide bonds. The van der Waals surface area contributed by atoms with Crippen LogP contribution in [0.1, 0.15) is 37.7 Å². The van der Waals surface area contributed by atoms with Gasteiger partial charge in [0, 0.05) is 25.5 Å². The van der Waals surface area contributed by atoms with Gasteiger partial charge in [-0.1, -0.05) is 30.3 Å². The van der Waals surface area contributed by atoms with E-state index in [1.54, 1.807) is 0 Å². The Kier molecular flexibility index (Phi) is 9.59. The van der Waals surface area contributed by atoms with Crippen molar-refractivity contribution in [2.75, 3.05) is 33.0 Å². The maximum atomic E-state index is 12.4. The predicted molar refractivity (Wildman–Crippen MR) is 106 cm³/mol. The van der Waals surface area contributed by atoms with Gasteiger partial charge in [-0.05, 0) is 31.2 Å². The summed E-state index contributed by atoms with van der Waals surface area (Å²) in [7, 11) is 0. The Hall–Kier alpha value is -2.45. The Morgan fingerprint density at radius 2 is 1.86 bits per heavy atom. The van der Waals surface area contributed by atoms with Crippen molar-refractivity contribution in [1.29, 1.82) is 0 Å². The normalized spacial score (nSPS) is 18.7. The third-order valence-corrected chi connectivity index (χ3v) is 4.77. The minimum absolute atomic E-state index is 0.0168. The lowest BCUT2D eigenvalue weighted by Crippen LogP contribution is -2.42. The van der Waals surface area contributed by atoms with Crippen molar-refractivity contribution in [3.05, 3.63) is 35.9 Å². The van der Waals surface area contributed by atoms with Gasteiger partial charge in [-0.2, -0.15) is 0 Å². The summed E-state index contributed by atoms with van der Waals surface area (Å²) in [5.74, 6) is -1.75. The number of benzene rings is 1. The molecule has 1 aliphatic rings. The first-order valence-electron chi connectivity index (χ1n) is 10.0. The van der Waals surface area contributed by atoms with Gasteiger partial charge in [-0.3, -0.25) is 9.59 Å². The maximum absolute atomic E-state index is 12.4. The predicted octanol–water partition coefficient (Wildman–Crippen LogP) is 1.31. The molecule has 1 aromatic rings. The van der Waals surface area contributed by atoms with Crippen molar-refractivity contribution in [3.63, 3.8) is 0 Å². The Labute approximate surface area is 171 Å². The molecule has 1 aliphatic carbocycles. The molecular formula is C21H30N2O6. The van der Waals surface area contributed by atoms with Crippen LogP contribution < -0.4 is 10.6 Å². The van der Waals surface area contributed by atoms with E-state index in [1.807, 2.05) is 37.3 Å². The van der Waals surface area contributed by atoms with Crippen molar-refractivity contribution < 1.29 is 29.0 Å². The monoisotopic (exact) mass is 406 g/mol. The van der Waals surface area contributed by atoms with Gasteiger partial charge in [0.2, 0.25) is 11.8 Å². The van der Waals surface area contributed by atoms with E-state index >= 15 is 0 Å². The number of rotatable bonds is 14. The van der Waals surface area contributed by atoms with E-state index in [9.17, 15) is 19.5 Å². The fourth-order valence-corrected chi connectivity index (χ4v) is 3.08. The summed E-state index contributed by atoms with van der Waals surface area (Å²) < 4.78 is 10.4. The van der Waals surface area contributed by atoms with Crippen LogP contribution in [0.4, 0.5) is 0 Å². The Morgan fingerprint density at radius 3 is 2.55 bits per heavy atom. The number of hydrogen-bond donors (Lipinski definition) is 3. The van der Waals surface area contributed by atoms with Gasteiger partial charge in [-0.15, -0.1) is 0 Å². The van der Waals surface area contributed by atoms with Gasteiger partial charge < -0.3 is 25.2 Å². The number of amides is 2. The summed E-state index contributed by atoms with van der Waals surface area (Å²) >= 11 is 0. The molecule has 0 aromatic heterocycles. The lowest BCUT2D eigenvalue weighted by molar-refractivity contribution is -0.142. The van der Waals surface area contributed by atoms with Crippen LogP contribution in [0.2, 0.25) is 0 Å². The quantitative estimate of drug-likeness (QED) is 0.402. The molecule has 0 bridgehead atoms. The first kappa shape index (κ1) is 22.8. The molecule has 2 unspecified atom stereocenters. The van der Waals surface area contributed by atoms with Gasteiger partial charge >= 0.3 is 5.97 Å². The van der Waals surface area contributed by atoms with Crippen molar-refractivity contribution in [2.24, 2.45) is 5.92 Å². The molecule has 1 saturated carbocycles. The van der Waals surface area contributed by atoms with Gasteiger partial charge in [-0.25, -0.2) is 4.79 Å². The fraction of sp³-hybridized carbons (Fsp3) is 0.571. The highest BCUT2D eigenvalue weighted by molar-refractivity contribution is 5.88. The number of aliphatic carboxylic acids is 1. The van der Waals surface area contributed by atoms with E-state index < -0.39 is 12.0 Å². The van der Waals surface area contributed by atoms with Crippen LogP contribution in [-0.2, 0) is 23.9 Å². The van der Waals surface area contributed by atoms with Gasteiger partial charge in [0.25, 0.3) is 0 Å². The molecule has 8 heteroatoms. The number of carboxylic acid groups (broad SMARTS) is 1. The fourth-order valence-electron chi connectivity index (χ4n) is 3.08. The van der Waals surface area contributed by atoms with E-state index in [-0.39, 0.29) is 36.5 Å². The molecule has 0 spiro atoms. The van der Waals surface area contributed by atoms with Gasteiger partial charge in [0.05, 0.1) is 19.8 Å². The highest BCUT2D eigenvalue weighted by Crippen LogP contribution is 2.47. The second-order valence-electron chi connectivity index (χ2n) is 6.96. The van der Waals surface area contributed by atoms with Gasteiger partial charge in [0.1, 0.15) is 6.04 Å². The molecule has 8 nitrogen and oxygen atoms in total. The van der Waals surface area contributed by atoms with E-state index in [0.29, 0.717) is 39.4 Å². The van der Waals surface area contributed by atoms with Crippen LogP contribution in [-0.4, -0.2) is 61.9 Å². The van der Waals surface area contributed by atoms with Crippen LogP contribution >= 0.6 is 0 Å². The van der Waals surface area contributed by atoms with Gasteiger partial charge in [0.15, 0.2) is 0 Å². The Balaban J connectivity index is 1.65. The van der Waals surface area contributed by atoms with E-state index in [0.717, 1.165) is 5.56 Å². The summed E-state index contributed by atoms with van der Waals surface area (Å²) in [6.07, 6.45) is 0.774. The van der Waals surface area contributed by atoms with Crippen molar-refractivity contribution in [1.82, 2.24) is 10.6 Å². The molecule has 0 heterocycles. The average molecular weight is 406 g/mol. The van der Waals surface area contributed by atoms with E-state index in [1.165, 1.54) is 0 Å². The summed E-state index contributed by atoms with van der Waals surface area (Å²) in [6, 6.07) is 8.62. The molecule has 160 valence electrons. The SMILES string of the molecule is CCOCCOCCNC(=O)CC[C@H](NC(=O)C1CC1c1ccccc1)C(=O)O. The highest BCUT2D eigenvalue weighted by atomic mass is 16.5. The summed E-state index contributed by atoms with van der Waals surface area (Å²) in [6.45, 7) is 4.21. The molecule has 0 aliphatic heterocycles. The molecule has 3 N–H and O–H groups in total. The van der Waals surface area contributed by atoms with Crippen molar-refractivity contribution in [2.45, 2.75) is 38.1 Å². The standard InChI is InChI=1S/C21H30N2O6/c1-2-28-12-13-29-11-10-22-19(24)9-8-18(21(26)27)23-20(25)17-14-16(17)15-6-4-3-5-7-15/h3-7,16-18H,2,8-14H2,1H3,(H,22,24)(H,23,25)(H,26,27)/t16?,17?,18-/m0/s1. The topological polar surface area (TPSA) is 114 Å². The minimum atomic E-state index is -1.14. The Morgan fingerprint density at radius 1 is 1.14 bits per heavy atom. The largest absolute Gasteiger partial charge is 0.480 e. The zero-order valence-corrected chi connectivity index (χ0v) is 16.8. The number of hydrogen-bond acceptors (Lipinski definition) is 5.